The molecule has 0 saturated carbocycles. The number of hydrogen-bond acceptors (Lipinski definition) is 2. The van der Waals surface area contributed by atoms with Gasteiger partial charge in [0.05, 0.1) is 15.7 Å². The van der Waals surface area contributed by atoms with Gasteiger partial charge in [0.25, 0.3) is 0 Å². The maximum absolute atomic E-state index is 11.5. The number of benzene rings is 1. The first-order valence-corrected chi connectivity index (χ1v) is 6.08. The van der Waals surface area contributed by atoms with Crippen molar-refractivity contribution in [3.05, 3.63) is 41.6 Å². The van der Waals surface area contributed by atoms with Gasteiger partial charge in [0.1, 0.15) is 0 Å². The van der Waals surface area contributed by atoms with Gasteiger partial charge in [-0.3, -0.25) is 4.21 Å². The van der Waals surface area contributed by atoms with Crippen molar-refractivity contribution in [2.45, 2.75) is 6.54 Å². The molecule has 1 unspecified atom stereocenters. The Hall–Kier alpha value is -1.09. The highest BCUT2D eigenvalue weighted by molar-refractivity contribution is 7.93. The van der Waals surface area contributed by atoms with Gasteiger partial charge in [-0.2, -0.15) is 0 Å². The Morgan fingerprint density at radius 2 is 2.07 bits per heavy atom. The molecule has 0 saturated heterocycles. The minimum absolute atomic E-state index is 0.900. The minimum atomic E-state index is -0.915. The third-order valence-corrected chi connectivity index (χ3v) is 3.29. The molecule has 0 spiro atoms. The maximum atomic E-state index is 11.5. The van der Waals surface area contributed by atoms with Crippen molar-refractivity contribution in [1.82, 2.24) is 4.90 Å². The molecule has 2 rings (SSSR count). The third-order valence-electron chi connectivity index (χ3n) is 2.35. The molecule has 0 bridgehead atoms. The van der Waals surface area contributed by atoms with E-state index in [0.29, 0.717) is 0 Å². The quantitative estimate of drug-likeness (QED) is 0.700. The largest absolute Gasteiger partial charge is 0.375 e. The van der Waals surface area contributed by atoms with Crippen LogP contribution in [0.2, 0.25) is 0 Å². The van der Waals surface area contributed by atoms with Crippen LogP contribution in [0.25, 0.3) is 4.91 Å². The van der Waals surface area contributed by atoms with Crippen LogP contribution in [-0.4, -0.2) is 22.4 Å². The number of nitrogens with zero attached hydrogens (tertiary/aromatic N) is 1. The zero-order valence-corrected chi connectivity index (χ0v) is 9.17. The molecule has 2 nitrogen and oxygen atoms in total. The predicted molar refractivity (Wildman–Crippen MR) is 60.0 cm³/mol. The molecule has 0 aromatic heterocycles. The average molecular weight is 207 g/mol. The molecular weight excluding hydrogens is 194 g/mol. The van der Waals surface area contributed by atoms with E-state index < -0.39 is 10.8 Å². The molecule has 1 aliphatic heterocycles. The van der Waals surface area contributed by atoms with Gasteiger partial charge < -0.3 is 4.90 Å². The molecular formula is C11H13NOS. The summed E-state index contributed by atoms with van der Waals surface area (Å²) in [5.41, 5.74) is 2.38. The molecule has 0 aliphatic carbocycles. The minimum Gasteiger partial charge on any atom is -0.375 e. The lowest BCUT2D eigenvalue weighted by Crippen LogP contribution is -2.18. The first-order chi connectivity index (χ1) is 6.68. The Balaban J connectivity index is 2.55. The molecule has 14 heavy (non-hydrogen) atoms. The summed E-state index contributed by atoms with van der Waals surface area (Å²) >= 11 is 0. The van der Waals surface area contributed by atoms with Gasteiger partial charge in [-0.25, -0.2) is 0 Å². The van der Waals surface area contributed by atoms with Gasteiger partial charge in [0.15, 0.2) is 0 Å². The highest BCUT2D eigenvalue weighted by Gasteiger charge is 2.16. The van der Waals surface area contributed by atoms with E-state index in [1.807, 2.05) is 31.4 Å². The van der Waals surface area contributed by atoms with Gasteiger partial charge in [0.2, 0.25) is 0 Å². The summed E-state index contributed by atoms with van der Waals surface area (Å²) in [4.78, 5) is 2.99. The molecule has 3 heteroatoms. The molecule has 0 amide bonds. The second-order valence-corrected chi connectivity index (χ2v) is 4.87. The Morgan fingerprint density at radius 1 is 1.36 bits per heavy atom. The first kappa shape index (κ1) is 9.46. The van der Waals surface area contributed by atoms with E-state index in [1.54, 1.807) is 6.26 Å². The third kappa shape index (κ3) is 1.60. The van der Waals surface area contributed by atoms with Crippen LogP contribution in [0.3, 0.4) is 0 Å². The molecule has 1 aromatic carbocycles. The highest BCUT2D eigenvalue weighted by atomic mass is 32.2. The summed E-state index contributed by atoms with van der Waals surface area (Å²) in [7, 11) is 1.09. The molecule has 1 aliphatic rings. The first-order valence-electron chi connectivity index (χ1n) is 4.52. The second-order valence-electron chi connectivity index (χ2n) is 3.52. The molecule has 1 aromatic rings. The SMILES string of the molecule is CN1C=C(S(C)=O)c2ccccc2C1. The highest BCUT2D eigenvalue weighted by Crippen LogP contribution is 2.27. The summed E-state index contributed by atoms with van der Waals surface area (Å²) in [5.74, 6) is 0. The van der Waals surface area contributed by atoms with Gasteiger partial charge in [-0.05, 0) is 11.1 Å². The van der Waals surface area contributed by atoms with Crippen molar-refractivity contribution >= 4 is 15.7 Å². The van der Waals surface area contributed by atoms with Gasteiger partial charge in [-0.1, -0.05) is 24.3 Å². The van der Waals surface area contributed by atoms with E-state index in [1.165, 1.54) is 5.56 Å². The molecule has 1 heterocycles. The zero-order valence-electron chi connectivity index (χ0n) is 8.36. The molecule has 0 radical (unpaired) electrons. The molecule has 1 atom stereocenters. The summed E-state index contributed by atoms with van der Waals surface area (Å²) in [6, 6.07) is 8.14. The fourth-order valence-corrected chi connectivity index (χ4v) is 2.55. The fourth-order valence-electron chi connectivity index (χ4n) is 1.71. The van der Waals surface area contributed by atoms with E-state index in [2.05, 4.69) is 11.0 Å². The van der Waals surface area contributed by atoms with Crippen LogP contribution < -0.4 is 0 Å². The van der Waals surface area contributed by atoms with Crippen molar-refractivity contribution in [3.8, 4) is 0 Å². The van der Waals surface area contributed by atoms with E-state index in [4.69, 9.17) is 0 Å². The van der Waals surface area contributed by atoms with Crippen LogP contribution in [0, 0.1) is 0 Å². The average Bonchev–Trinajstić information content (AvgIpc) is 2.16. The molecule has 74 valence electrons. The van der Waals surface area contributed by atoms with Crippen molar-refractivity contribution in [2.75, 3.05) is 13.3 Å². The Bertz CT molecular complexity index is 412. The van der Waals surface area contributed by atoms with Crippen molar-refractivity contribution in [3.63, 3.8) is 0 Å². The van der Waals surface area contributed by atoms with Crippen molar-refractivity contribution in [2.24, 2.45) is 0 Å². The zero-order chi connectivity index (χ0) is 10.1. The Morgan fingerprint density at radius 3 is 2.79 bits per heavy atom. The fraction of sp³-hybridized carbons (Fsp3) is 0.273. The number of fused-ring (bicyclic) bond motifs is 1. The topological polar surface area (TPSA) is 20.3 Å². The van der Waals surface area contributed by atoms with Crippen molar-refractivity contribution in [1.29, 1.82) is 0 Å². The van der Waals surface area contributed by atoms with Crippen LogP contribution in [0.5, 0.6) is 0 Å². The van der Waals surface area contributed by atoms with Gasteiger partial charge in [-0.15, -0.1) is 0 Å². The Labute approximate surface area is 86.7 Å². The lowest BCUT2D eigenvalue weighted by molar-refractivity contribution is 0.447. The van der Waals surface area contributed by atoms with Crippen LogP contribution in [0.1, 0.15) is 11.1 Å². The molecule has 0 fully saturated rings. The normalized spacial score (nSPS) is 17.3. The lowest BCUT2D eigenvalue weighted by Gasteiger charge is -2.24. The number of rotatable bonds is 1. The monoisotopic (exact) mass is 207 g/mol. The van der Waals surface area contributed by atoms with E-state index in [9.17, 15) is 4.21 Å². The maximum Gasteiger partial charge on any atom is 0.0619 e. The summed E-state index contributed by atoms with van der Waals surface area (Å²) < 4.78 is 11.5. The van der Waals surface area contributed by atoms with Gasteiger partial charge in [0, 0.05) is 26.0 Å². The Kier molecular flexibility index (Phi) is 2.42. The van der Waals surface area contributed by atoms with Gasteiger partial charge >= 0.3 is 0 Å². The van der Waals surface area contributed by atoms with Crippen LogP contribution in [-0.2, 0) is 17.3 Å². The van der Waals surface area contributed by atoms with Crippen LogP contribution in [0.15, 0.2) is 30.5 Å². The van der Waals surface area contributed by atoms with Crippen molar-refractivity contribution < 1.29 is 4.21 Å². The van der Waals surface area contributed by atoms with Crippen LogP contribution >= 0.6 is 0 Å². The smallest absolute Gasteiger partial charge is 0.0619 e. The summed E-state index contributed by atoms with van der Waals surface area (Å²) in [5, 5.41) is 0. The standard InChI is InChI=1S/C11H13NOS/c1-12-7-9-5-3-4-6-10(9)11(8-12)14(2)13/h3-6,8H,7H2,1-2H3. The van der Waals surface area contributed by atoms with E-state index >= 15 is 0 Å². The molecule has 0 N–H and O–H groups in total. The van der Waals surface area contributed by atoms with E-state index in [0.717, 1.165) is 17.0 Å². The number of hydrogen-bond donors (Lipinski definition) is 0. The second kappa shape index (κ2) is 3.58. The summed E-state index contributed by atoms with van der Waals surface area (Å²) in [6.45, 7) is 0.900. The lowest BCUT2D eigenvalue weighted by atomic mass is 10.0. The predicted octanol–water partition coefficient (Wildman–Crippen LogP) is 1.81. The van der Waals surface area contributed by atoms with Crippen LogP contribution in [0.4, 0.5) is 0 Å². The summed E-state index contributed by atoms with van der Waals surface area (Å²) in [6.07, 6.45) is 3.69. The van der Waals surface area contributed by atoms with E-state index in [-0.39, 0.29) is 0 Å².